The zero-order valence-electron chi connectivity index (χ0n) is 44.2. The van der Waals surface area contributed by atoms with Crippen LogP contribution in [0, 0.1) is 5.92 Å². The molecule has 15 nitrogen and oxygen atoms in total. The summed E-state index contributed by atoms with van der Waals surface area (Å²) in [5.41, 5.74) is 2.33. The molecule has 0 aromatic carbocycles. The Labute approximate surface area is 432 Å². The topological polar surface area (TPSA) is 198 Å². The van der Waals surface area contributed by atoms with E-state index in [1.54, 1.807) is 83.1 Å². The van der Waals surface area contributed by atoms with Crippen molar-refractivity contribution >= 4 is 88.3 Å². The summed E-state index contributed by atoms with van der Waals surface area (Å²) in [5.74, 6) is 0.367. The van der Waals surface area contributed by atoms with E-state index in [0.29, 0.717) is 57.8 Å². The van der Waals surface area contributed by atoms with E-state index < -0.39 is 73.1 Å². The fourth-order valence-corrected chi connectivity index (χ4v) is 8.98. The number of amides is 4. The van der Waals surface area contributed by atoms with Gasteiger partial charge in [0.2, 0.25) is 0 Å². The number of nitrogens with zero attached hydrogens (tertiary/aromatic N) is 2. The maximum atomic E-state index is 12.5. The quantitative estimate of drug-likeness (QED) is 0.159. The van der Waals surface area contributed by atoms with Gasteiger partial charge in [0.15, 0.2) is 0 Å². The molecule has 4 fully saturated rings. The Morgan fingerprint density at radius 2 is 0.855 bits per heavy atom. The Bertz CT molecular complexity index is 1670. The van der Waals surface area contributed by atoms with Crippen LogP contribution in [0.1, 0.15) is 213 Å². The van der Waals surface area contributed by atoms with Crippen LogP contribution in [0.3, 0.4) is 0 Å². The van der Waals surface area contributed by atoms with E-state index in [0.717, 1.165) is 54.7 Å². The lowest BCUT2D eigenvalue weighted by atomic mass is 9.86. The van der Waals surface area contributed by atoms with Gasteiger partial charge in [-0.3, -0.25) is 14.4 Å². The normalized spacial score (nSPS) is 22.8. The van der Waals surface area contributed by atoms with E-state index in [9.17, 15) is 33.6 Å². The van der Waals surface area contributed by atoms with Crippen LogP contribution in [0.15, 0.2) is 0 Å². The number of carbonyl (C=O) groups excluding carboxylic acids is 7. The molecule has 4 unspecified atom stereocenters. The fraction of sp³-hybridized carbons (Fsp3) is 0.860. The van der Waals surface area contributed by atoms with Crippen LogP contribution < -0.4 is 5.73 Å². The summed E-state index contributed by atoms with van der Waals surface area (Å²) in [6, 6.07) is -0.719. The summed E-state index contributed by atoms with van der Waals surface area (Å²) in [6.07, 6.45) is 8.49. The molecule has 4 aliphatic carbocycles. The van der Waals surface area contributed by atoms with Crippen molar-refractivity contribution in [3.63, 3.8) is 0 Å². The predicted molar refractivity (Wildman–Crippen MR) is 271 cm³/mol. The number of alkyl halides is 4. The van der Waals surface area contributed by atoms with Gasteiger partial charge in [-0.05, 0) is 180 Å². The Morgan fingerprint density at radius 1 is 0.507 bits per heavy atom. The average Bonchev–Trinajstić information content (AvgIpc) is 3.08. The van der Waals surface area contributed by atoms with Crippen LogP contribution in [-0.4, -0.2) is 107 Å². The first-order chi connectivity index (χ1) is 31.1. The monoisotopic (exact) mass is 1060 g/mol. The molecule has 0 radical (unpaired) electrons. The molecule has 0 saturated heterocycles. The number of esters is 1. The number of imide groups is 2. The number of nitrogens with two attached hydrogens (primary N) is 1. The van der Waals surface area contributed by atoms with Gasteiger partial charge < -0.3 is 29.4 Å². The number of hydrogen-bond donors (Lipinski definition) is 1. The molecule has 4 atom stereocenters. The van der Waals surface area contributed by atoms with E-state index >= 15 is 0 Å². The molecule has 4 aliphatic rings. The maximum absolute atomic E-state index is 12.5. The molecule has 0 aromatic rings. The molecular formula is C50H85Cl4N3O12. The molecule has 0 aromatic heterocycles. The highest BCUT2D eigenvalue weighted by Gasteiger charge is 2.43. The van der Waals surface area contributed by atoms with Gasteiger partial charge in [0.25, 0.3) is 0 Å². The largest absolute Gasteiger partial charge is 0.460 e. The molecule has 4 saturated carbocycles. The van der Waals surface area contributed by atoms with Gasteiger partial charge in [-0.15, -0.1) is 46.4 Å². The zero-order chi connectivity index (χ0) is 53.6. The van der Waals surface area contributed by atoms with Gasteiger partial charge in [-0.25, -0.2) is 29.0 Å². The van der Waals surface area contributed by atoms with E-state index in [1.165, 1.54) is 0 Å². The molecule has 19 heteroatoms. The fourth-order valence-electron chi connectivity index (χ4n) is 7.70. The lowest BCUT2D eigenvalue weighted by Gasteiger charge is -2.38. The molecular weight excluding hydrogens is 976 g/mol. The molecule has 2 N–H and O–H groups in total. The summed E-state index contributed by atoms with van der Waals surface area (Å²) in [6.45, 7) is 26.4. The number of carbonyl (C=O) groups is 7. The second kappa shape index (κ2) is 26.9. The third-order valence-electron chi connectivity index (χ3n) is 10.3. The Morgan fingerprint density at radius 3 is 1.19 bits per heavy atom. The van der Waals surface area contributed by atoms with Gasteiger partial charge >= 0.3 is 30.3 Å². The van der Waals surface area contributed by atoms with Gasteiger partial charge in [0.1, 0.15) is 48.2 Å². The lowest BCUT2D eigenvalue weighted by Crippen LogP contribution is -2.51. The lowest BCUT2D eigenvalue weighted by molar-refractivity contribution is -0.156. The van der Waals surface area contributed by atoms with Crippen molar-refractivity contribution in [2.24, 2.45) is 11.7 Å². The molecule has 69 heavy (non-hydrogen) atoms. The van der Waals surface area contributed by atoms with Crippen LogP contribution in [-0.2, 0) is 38.1 Å². The number of ether oxygens (including phenoxy) is 5. The molecule has 0 bridgehead atoms. The summed E-state index contributed by atoms with van der Waals surface area (Å²) in [4.78, 5) is 86.1. The van der Waals surface area contributed by atoms with Gasteiger partial charge in [-0.1, -0.05) is 0 Å². The predicted octanol–water partition coefficient (Wildman–Crippen LogP) is 13.5. The molecule has 400 valence electrons. The Hall–Kier alpha value is -2.59. The Kier molecular flexibility index (Phi) is 25.1. The number of ketones is 2. The van der Waals surface area contributed by atoms with E-state index in [2.05, 4.69) is 0 Å². The van der Waals surface area contributed by atoms with Crippen molar-refractivity contribution in [3.8, 4) is 0 Å². The van der Waals surface area contributed by atoms with Crippen molar-refractivity contribution in [1.82, 2.24) is 9.80 Å². The third-order valence-corrected chi connectivity index (χ3v) is 11.7. The minimum Gasteiger partial charge on any atom is -0.460 e. The number of hydrogen-bond acceptors (Lipinski definition) is 13. The van der Waals surface area contributed by atoms with Crippen molar-refractivity contribution in [1.29, 1.82) is 0 Å². The molecule has 0 aliphatic heterocycles. The SMILES string of the molecule is CC(C)(C)OC(=O)CC1CCCC(=O)C1.CC(C)(C)OC(=O)N(C(=O)OC(C)(C)C)C1CCCC(=O)C1.CC(C)(C)OC(=O)N(C(=O)OC(C)(C)C)C1CCCC(Cl)(Cl)C1.NC1CCCC(Cl)(Cl)C1. The minimum atomic E-state index is -0.953. The number of rotatable bonds is 4. The summed E-state index contributed by atoms with van der Waals surface area (Å²) < 4.78 is 25.1. The smallest absolute Gasteiger partial charge is 0.420 e. The second-order valence-electron chi connectivity index (χ2n) is 23.6. The van der Waals surface area contributed by atoms with E-state index in [4.69, 9.17) is 75.8 Å². The van der Waals surface area contributed by atoms with Crippen LogP contribution in [0.2, 0.25) is 0 Å². The maximum Gasteiger partial charge on any atom is 0.420 e. The first-order valence-electron chi connectivity index (χ1n) is 24.3. The van der Waals surface area contributed by atoms with Gasteiger partial charge in [0.05, 0.1) is 6.04 Å². The summed E-state index contributed by atoms with van der Waals surface area (Å²) >= 11 is 24.1. The second-order valence-corrected chi connectivity index (χ2v) is 26.8. The highest BCUT2D eigenvalue weighted by Crippen LogP contribution is 2.40. The van der Waals surface area contributed by atoms with Crippen molar-refractivity contribution in [2.45, 2.75) is 268 Å². The van der Waals surface area contributed by atoms with Crippen molar-refractivity contribution in [3.05, 3.63) is 0 Å². The molecule has 0 heterocycles. The molecule has 4 rings (SSSR count). The third kappa shape index (κ3) is 29.5. The van der Waals surface area contributed by atoms with Crippen LogP contribution >= 0.6 is 46.4 Å². The van der Waals surface area contributed by atoms with Crippen molar-refractivity contribution in [2.75, 3.05) is 0 Å². The standard InChI is InChI=1S/C16H27Cl2NO4.C16H27NO5.C12H20O3.C6H11Cl2N/c1-14(2,3)22-12(20)19(13(21)23-15(4,5)6)11-8-7-9-16(17,18)10-11;1-15(2,3)21-13(19)17(14(20)22-16(4,5)6)11-8-7-9-12(18)10-11;1-12(2,3)15-11(14)8-9-5-4-6-10(13)7-9;7-6(8)3-1-2-5(9)4-6/h11H,7-10H2,1-6H3;11H,7-10H2,1-6H3;9H,4-8H2,1-3H3;5H,1-4,9H2. The first kappa shape index (κ1) is 64.4. The van der Waals surface area contributed by atoms with Gasteiger partial charge in [-0.2, -0.15) is 0 Å². The highest BCUT2D eigenvalue weighted by molar-refractivity contribution is 6.48. The van der Waals surface area contributed by atoms with Crippen LogP contribution in [0.4, 0.5) is 19.2 Å². The summed E-state index contributed by atoms with van der Waals surface area (Å²) in [5, 5.41) is 0. The average molecular weight is 1060 g/mol. The molecule has 4 amide bonds. The minimum absolute atomic E-state index is 0.0494. The van der Waals surface area contributed by atoms with Crippen LogP contribution in [0.5, 0.6) is 0 Å². The Balaban J connectivity index is 0.000000482. The van der Waals surface area contributed by atoms with Gasteiger partial charge in [0, 0.05) is 50.6 Å². The number of Topliss-reactive ketones (excluding diaryl/α,β-unsaturated/α-hetero) is 2. The van der Waals surface area contributed by atoms with Crippen molar-refractivity contribution < 1.29 is 57.2 Å². The number of halogens is 4. The highest BCUT2D eigenvalue weighted by atomic mass is 35.5. The summed E-state index contributed by atoms with van der Waals surface area (Å²) in [7, 11) is 0. The zero-order valence-corrected chi connectivity index (χ0v) is 47.2. The first-order valence-corrected chi connectivity index (χ1v) is 25.8. The molecule has 0 spiro atoms. The van der Waals surface area contributed by atoms with E-state index in [-0.39, 0.29) is 35.9 Å². The van der Waals surface area contributed by atoms with E-state index in [1.807, 2.05) is 20.8 Å². The van der Waals surface area contributed by atoms with Crippen LogP contribution in [0.25, 0.3) is 0 Å².